The molecule has 16 heavy (non-hydrogen) atoms. The van der Waals surface area contributed by atoms with E-state index >= 15 is 0 Å². The Morgan fingerprint density at radius 1 is 1.12 bits per heavy atom. The maximum Gasteiger partial charge on any atom is 0.197 e. The maximum absolute atomic E-state index is 5.95. The van der Waals surface area contributed by atoms with Crippen LogP contribution in [-0.2, 0) is 4.43 Å². The van der Waals surface area contributed by atoms with E-state index in [0.29, 0.717) is 11.1 Å². The fourth-order valence-corrected chi connectivity index (χ4v) is 6.90. The highest BCUT2D eigenvalue weighted by Crippen LogP contribution is 2.36. The molecule has 0 amide bonds. The van der Waals surface area contributed by atoms with Gasteiger partial charge in [0.15, 0.2) is 8.32 Å². The van der Waals surface area contributed by atoms with E-state index in [1.165, 1.54) is 12.5 Å². The summed E-state index contributed by atoms with van der Waals surface area (Å²) in [7, 11) is 0.347. The van der Waals surface area contributed by atoms with Crippen LogP contribution >= 0.6 is 0 Å². The number of nitrogens with one attached hydrogen (secondary N) is 1. The third-order valence-electron chi connectivity index (χ3n) is 3.58. The van der Waals surface area contributed by atoms with E-state index in [2.05, 4.69) is 33.0 Å². The molecular formula is C12H30N2OSi. The zero-order valence-electron chi connectivity index (χ0n) is 11.7. The molecule has 0 saturated carbocycles. The summed E-state index contributed by atoms with van der Waals surface area (Å²) < 4.78 is 5.95. The van der Waals surface area contributed by atoms with Gasteiger partial charge in [0.05, 0.1) is 0 Å². The molecule has 3 nitrogen and oxygen atoms in total. The van der Waals surface area contributed by atoms with Crippen molar-refractivity contribution in [1.82, 2.24) is 5.32 Å². The van der Waals surface area contributed by atoms with Crippen molar-refractivity contribution in [2.24, 2.45) is 5.73 Å². The van der Waals surface area contributed by atoms with Crippen molar-refractivity contribution >= 4 is 8.32 Å². The lowest BCUT2D eigenvalue weighted by Gasteiger charge is -2.37. The second-order valence-corrected chi connectivity index (χ2v) is 10.2. The summed E-state index contributed by atoms with van der Waals surface area (Å²) in [5.41, 5.74) is 6.81. The highest BCUT2D eigenvalue weighted by Gasteiger charge is 2.40. The van der Waals surface area contributed by atoms with Gasteiger partial charge in [0, 0.05) is 20.2 Å². The summed E-state index contributed by atoms with van der Waals surface area (Å²) in [5, 5.41) is 3.35. The zero-order valence-corrected chi connectivity index (χ0v) is 12.7. The molecule has 3 N–H and O–H groups in total. The molecule has 0 aliphatic heterocycles. The lowest BCUT2D eigenvalue weighted by atomic mass is 10.4. The van der Waals surface area contributed by atoms with E-state index < -0.39 is 8.32 Å². The first-order valence-corrected chi connectivity index (χ1v) is 8.74. The minimum atomic E-state index is -1.56. The van der Waals surface area contributed by atoms with Gasteiger partial charge in [0.25, 0.3) is 0 Å². The average Bonchev–Trinajstić information content (AvgIpc) is 2.22. The molecule has 4 heteroatoms. The predicted molar refractivity (Wildman–Crippen MR) is 74.3 cm³/mol. The Labute approximate surface area is 102 Å². The zero-order chi connectivity index (χ0) is 12.6. The van der Waals surface area contributed by atoms with Crippen molar-refractivity contribution in [3.63, 3.8) is 0 Å². The van der Waals surface area contributed by atoms with Gasteiger partial charge in [-0.2, -0.15) is 0 Å². The molecule has 0 aliphatic rings. The molecule has 0 heterocycles. The number of rotatable bonds is 9. The van der Waals surface area contributed by atoms with Gasteiger partial charge in [-0.3, -0.25) is 0 Å². The van der Waals surface area contributed by atoms with Crippen LogP contribution in [0.5, 0.6) is 0 Å². The molecule has 0 aromatic rings. The van der Waals surface area contributed by atoms with Crippen LogP contribution in [0.15, 0.2) is 0 Å². The standard InChI is InChI=1S/C12H30N2OSi/c1-11(2)16(15-5,12(3)4)10-6-8-14-9-7-13/h11-12,14H,6-10,13H2,1-5H3. The number of nitrogens with two attached hydrogens (primary N) is 1. The first-order valence-electron chi connectivity index (χ1n) is 6.47. The lowest BCUT2D eigenvalue weighted by molar-refractivity contribution is 0.368. The van der Waals surface area contributed by atoms with Crippen molar-refractivity contribution in [1.29, 1.82) is 0 Å². The summed E-state index contributed by atoms with van der Waals surface area (Å²) in [5.74, 6) is 0. The van der Waals surface area contributed by atoms with Crippen LogP contribution in [0.1, 0.15) is 34.1 Å². The monoisotopic (exact) mass is 246 g/mol. The van der Waals surface area contributed by atoms with Crippen LogP contribution in [0.3, 0.4) is 0 Å². The van der Waals surface area contributed by atoms with Gasteiger partial charge in [0.1, 0.15) is 0 Å². The molecule has 0 spiro atoms. The second kappa shape index (κ2) is 8.23. The average molecular weight is 246 g/mol. The molecule has 0 unspecified atom stereocenters. The molecular weight excluding hydrogens is 216 g/mol. The number of hydrogen-bond acceptors (Lipinski definition) is 3. The molecule has 0 saturated heterocycles. The van der Waals surface area contributed by atoms with Gasteiger partial charge < -0.3 is 15.5 Å². The fourth-order valence-electron chi connectivity index (χ4n) is 2.53. The SMILES string of the molecule is CO[Si](CCCNCCN)(C(C)C)C(C)C. The van der Waals surface area contributed by atoms with Gasteiger partial charge in [-0.15, -0.1) is 0 Å². The topological polar surface area (TPSA) is 47.3 Å². The van der Waals surface area contributed by atoms with Crippen molar-refractivity contribution in [2.75, 3.05) is 26.7 Å². The first-order chi connectivity index (χ1) is 7.51. The molecule has 98 valence electrons. The van der Waals surface area contributed by atoms with Gasteiger partial charge in [0.2, 0.25) is 0 Å². The predicted octanol–water partition coefficient (Wildman–Crippen LogP) is 2.34. The van der Waals surface area contributed by atoms with Gasteiger partial charge >= 0.3 is 0 Å². The molecule has 0 bridgehead atoms. The maximum atomic E-state index is 5.95. The van der Waals surface area contributed by atoms with E-state index in [0.717, 1.165) is 19.6 Å². The highest BCUT2D eigenvalue weighted by atomic mass is 28.4. The molecule has 0 aromatic carbocycles. The molecule has 0 aliphatic carbocycles. The fraction of sp³-hybridized carbons (Fsp3) is 1.00. The van der Waals surface area contributed by atoms with Crippen LogP contribution in [-0.4, -0.2) is 35.1 Å². The van der Waals surface area contributed by atoms with Crippen LogP contribution in [0.2, 0.25) is 17.1 Å². The Hall–Kier alpha value is 0.0969. The normalized spacial score (nSPS) is 12.8. The molecule has 0 atom stereocenters. The van der Waals surface area contributed by atoms with Crippen molar-refractivity contribution in [2.45, 2.75) is 51.2 Å². The Kier molecular flexibility index (Phi) is 8.28. The summed E-state index contributed by atoms with van der Waals surface area (Å²) >= 11 is 0. The molecule has 0 fully saturated rings. The summed E-state index contributed by atoms with van der Waals surface area (Å²) in [6.07, 6.45) is 1.20. The third-order valence-corrected chi connectivity index (χ3v) is 9.38. The Bertz CT molecular complexity index is 166. The van der Waals surface area contributed by atoms with Crippen LogP contribution < -0.4 is 11.1 Å². The highest BCUT2D eigenvalue weighted by molar-refractivity contribution is 6.76. The number of hydrogen-bond donors (Lipinski definition) is 2. The van der Waals surface area contributed by atoms with Gasteiger partial charge in [-0.25, -0.2) is 0 Å². The van der Waals surface area contributed by atoms with Crippen LogP contribution in [0.4, 0.5) is 0 Å². The van der Waals surface area contributed by atoms with Gasteiger partial charge in [-0.05, 0) is 30.1 Å². The molecule has 0 rings (SSSR count). The van der Waals surface area contributed by atoms with E-state index in [9.17, 15) is 0 Å². The van der Waals surface area contributed by atoms with Crippen molar-refractivity contribution in [3.05, 3.63) is 0 Å². The minimum Gasteiger partial charge on any atom is -0.419 e. The van der Waals surface area contributed by atoms with E-state index in [1.54, 1.807) is 0 Å². The van der Waals surface area contributed by atoms with E-state index in [-0.39, 0.29) is 0 Å². The minimum absolute atomic E-state index is 0.687. The first kappa shape index (κ1) is 16.1. The smallest absolute Gasteiger partial charge is 0.197 e. The molecule has 0 aromatic heterocycles. The quantitative estimate of drug-likeness (QED) is 0.485. The summed E-state index contributed by atoms with van der Waals surface area (Å²) in [6, 6.07) is 1.25. The summed E-state index contributed by atoms with van der Waals surface area (Å²) in [6.45, 7) is 11.9. The Morgan fingerprint density at radius 3 is 2.06 bits per heavy atom. The van der Waals surface area contributed by atoms with E-state index in [4.69, 9.17) is 10.2 Å². The largest absolute Gasteiger partial charge is 0.419 e. The summed E-state index contributed by atoms with van der Waals surface area (Å²) in [4.78, 5) is 0. The van der Waals surface area contributed by atoms with Crippen molar-refractivity contribution < 1.29 is 4.43 Å². The molecule has 0 radical (unpaired) electrons. The van der Waals surface area contributed by atoms with Gasteiger partial charge in [-0.1, -0.05) is 27.7 Å². The van der Waals surface area contributed by atoms with Crippen LogP contribution in [0.25, 0.3) is 0 Å². The Balaban J connectivity index is 4.12. The van der Waals surface area contributed by atoms with Crippen molar-refractivity contribution in [3.8, 4) is 0 Å². The lowest BCUT2D eigenvalue weighted by Crippen LogP contribution is -2.44. The second-order valence-electron chi connectivity index (χ2n) is 5.11. The van der Waals surface area contributed by atoms with E-state index in [1.807, 2.05) is 7.11 Å². The Morgan fingerprint density at radius 2 is 1.69 bits per heavy atom. The third kappa shape index (κ3) is 4.53. The van der Waals surface area contributed by atoms with Crippen LogP contribution in [0, 0.1) is 0 Å².